The van der Waals surface area contributed by atoms with Gasteiger partial charge in [-0.15, -0.1) is 0 Å². The summed E-state index contributed by atoms with van der Waals surface area (Å²) in [5.41, 5.74) is 1.93. The van der Waals surface area contributed by atoms with Crippen LogP contribution in [0.15, 0.2) is 22.7 Å². The highest BCUT2D eigenvalue weighted by Crippen LogP contribution is 2.34. The van der Waals surface area contributed by atoms with Gasteiger partial charge in [-0.1, -0.05) is 0 Å². The van der Waals surface area contributed by atoms with Gasteiger partial charge in [0.15, 0.2) is 5.78 Å². The highest BCUT2D eigenvalue weighted by molar-refractivity contribution is 9.10. The maximum atomic E-state index is 11.2. The molecule has 0 unspecified atom stereocenters. The van der Waals surface area contributed by atoms with Gasteiger partial charge in [0, 0.05) is 23.1 Å². The lowest BCUT2D eigenvalue weighted by molar-refractivity contribution is 0.101. The van der Waals surface area contributed by atoms with E-state index >= 15 is 0 Å². The number of hydrogen-bond donors (Lipinski definition) is 0. The first-order valence-electron chi connectivity index (χ1n) is 5.13. The van der Waals surface area contributed by atoms with Crippen molar-refractivity contribution in [3.8, 4) is 0 Å². The number of ketones is 1. The molecule has 0 amide bonds. The van der Waals surface area contributed by atoms with Gasteiger partial charge in [0.1, 0.15) is 0 Å². The summed E-state index contributed by atoms with van der Waals surface area (Å²) in [5.74, 6) is 0.108. The Labute approximate surface area is 98.4 Å². The molecule has 80 valence electrons. The van der Waals surface area contributed by atoms with Gasteiger partial charge in [-0.3, -0.25) is 4.79 Å². The van der Waals surface area contributed by atoms with Gasteiger partial charge in [0.2, 0.25) is 0 Å². The Bertz CT molecular complexity index is 399. The largest absolute Gasteiger partial charge is 0.371 e. The van der Waals surface area contributed by atoms with Crippen LogP contribution in [0.3, 0.4) is 0 Å². The summed E-state index contributed by atoms with van der Waals surface area (Å²) in [6, 6.07) is 6.49. The fourth-order valence-corrected chi connectivity index (χ4v) is 2.33. The number of halogens is 1. The first kappa shape index (κ1) is 10.7. The summed E-state index contributed by atoms with van der Waals surface area (Å²) >= 11 is 3.52. The lowest BCUT2D eigenvalue weighted by atomic mass is 10.1. The Morgan fingerprint density at radius 2 is 2.13 bits per heavy atom. The Morgan fingerprint density at radius 1 is 1.47 bits per heavy atom. The molecular formula is C12H14BrNO. The van der Waals surface area contributed by atoms with E-state index in [-0.39, 0.29) is 5.78 Å². The third kappa shape index (κ3) is 2.23. The molecule has 0 heterocycles. The molecule has 0 N–H and O–H groups in total. The van der Waals surface area contributed by atoms with Gasteiger partial charge in [-0.25, -0.2) is 0 Å². The third-order valence-electron chi connectivity index (χ3n) is 2.83. The minimum absolute atomic E-state index is 0.108. The normalized spacial score (nSPS) is 15.1. The molecule has 0 spiro atoms. The molecule has 1 fully saturated rings. The summed E-state index contributed by atoms with van der Waals surface area (Å²) in [5, 5.41) is 0. The first-order valence-corrected chi connectivity index (χ1v) is 5.92. The van der Waals surface area contributed by atoms with Crippen molar-refractivity contribution < 1.29 is 4.79 Å². The zero-order valence-corrected chi connectivity index (χ0v) is 10.5. The molecule has 0 aliphatic heterocycles. The smallest absolute Gasteiger partial charge is 0.159 e. The van der Waals surface area contributed by atoms with E-state index in [1.54, 1.807) is 6.92 Å². The number of Topliss-reactive ketones (excluding diaryl/α,β-unsaturated/α-hetero) is 1. The monoisotopic (exact) mass is 267 g/mol. The zero-order chi connectivity index (χ0) is 11.0. The standard InChI is InChI=1S/C12H14BrNO/c1-8(15)9-3-6-12(11(13)7-9)14(2)10-4-5-10/h3,6-7,10H,4-5H2,1-2H3. The molecule has 0 atom stereocenters. The summed E-state index contributed by atoms with van der Waals surface area (Å²) in [4.78, 5) is 13.5. The number of hydrogen-bond acceptors (Lipinski definition) is 2. The van der Waals surface area contributed by atoms with Crippen LogP contribution in [0, 0.1) is 0 Å². The van der Waals surface area contributed by atoms with E-state index in [4.69, 9.17) is 0 Å². The molecule has 1 aromatic carbocycles. The van der Waals surface area contributed by atoms with Gasteiger partial charge in [0.25, 0.3) is 0 Å². The Kier molecular flexibility index (Phi) is 2.83. The van der Waals surface area contributed by atoms with Crippen LogP contribution in [0.5, 0.6) is 0 Å². The van der Waals surface area contributed by atoms with Gasteiger partial charge < -0.3 is 4.90 Å². The average Bonchev–Trinajstić information content (AvgIpc) is 2.99. The second kappa shape index (κ2) is 3.97. The predicted octanol–water partition coefficient (Wildman–Crippen LogP) is 3.25. The van der Waals surface area contributed by atoms with E-state index in [0.717, 1.165) is 10.0 Å². The van der Waals surface area contributed by atoms with E-state index in [0.29, 0.717) is 6.04 Å². The summed E-state index contributed by atoms with van der Waals surface area (Å²) in [6.07, 6.45) is 2.55. The first-order chi connectivity index (χ1) is 7.09. The average molecular weight is 268 g/mol. The molecule has 1 saturated carbocycles. The van der Waals surface area contributed by atoms with E-state index in [1.165, 1.54) is 18.5 Å². The lowest BCUT2D eigenvalue weighted by Crippen LogP contribution is -2.19. The van der Waals surface area contributed by atoms with Crippen LogP contribution in [0.4, 0.5) is 5.69 Å². The second-order valence-electron chi connectivity index (χ2n) is 4.06. The molecule has 2 rings (SSSR count). The number of benzene rings is 1. The fourth-order valence-electron chi connectivity index (χ4n) is 1.67. The molecule has 0 radical (unpaired) electrons. The van der Waals surface area contributed by atoms with E-state index in [2.05, 4.69) is 27.9 Å². The van der Waals surface area contributed by atoms with Crippen LogP contribution in [-0.4, -0.2) is 18.9 Å². The number of rotatable bonds is 3. The molecule has 0 aromatic heterocycles. The molecule has 3 heteroatoms. The highest BCUT2D eigenvalue weighted by atomic mass is 79.9. The molecule has 2 nitrogen and oxygen atoms in total. The predicted molar refractivity (Wildman–Crippen MR) is 65.6 cm³/mol. The van der Waals surface area contributed by atoms with Crippen LogP contribution in [0.2, 0.25) is 0 Å². The second-order valence-corrected chi connectivity index (χ2v) is 4.92. The van der Waals surface area contributed by atoms with Crippen molar-refractivity contribution >= 4 is 27.4 Å². The Hall–Kier alpha value is -0.830. The zero-order valence-electron chi connectivity index (χ0n) is 8.96. The molecule has 0 saturated heterocycles. The topological polar surface area (TPSA) is 20.3 Å². The fraction of sp³-hybridized carbons (Fsp3) is 0.417. The van der Waals surface area contributed by atoms with Gasteiger partial charge in [0.05, 0.1) is 5.69 Å². The molecule has 1 aliphatic carbocycles. The van der Waals surface area contributed by atoms with Crippen molar-refractivity contribution in [2.24, 2.45) is 0 Å². The van der Waals surface area contributed by atoms with Crippen molar-refractivity contribution in [3.63, 3.8) is 0 Å². The van der Waals surface area contributed by atoms with Crippen LogP contribution in [0.1, 0.15) is 30.1 Å². The van der Waals surface area contributed by atoms with Crippen LogP contribution < -0.4 is 4.90 Å². The third-order valence-corrected chi connectivity index (χ3v) is 3.46. The van der Waals surface area contributed by atoms with Gasteiger partial charge in [-0.05, 0) is 53.9 Å². The Balaban J connectivity index is 2.29. The summed E-state index contributed by atoms with van der Waals surface area (Å²) in [6.45, 7) is 1.59. The van der Waals surface area contributed by atoms with E-state index < -0.39 is 0 Å². The van der Waals surface area contributed by atoms with Gasteiger partial charge >= 0.3 is 0 Å². The SMILES string of the molecule is CC(=O)c1ccc(N(C)C2CC2)c(Br)c1. The maximum Gasteiger partial charge on any atom is 0.159 e. The number of anilines is 1. The van der Waals surface area contributed by atoms with Gasteiger partial charge in [-0.2, -0.15) is 0 Å². The maximum absolute atomic E-state index is 11.2. The van der Waals surface area contributed by atoms with E-state index in [9.17, 15) is 4.79 Å². The number of carbonyl (C=O) groups excluding carboxylic acids is 1. The minimum atomic E-state index is 0.108. The van der Waals surface area contributed by atoms with Crippen molar-refractivity contribution in [2.45, 2.75) is 25.8 Å². The molecular weight excluding hydrogens is 254 g/mol. The molecule has 15 heavy (non-hydrogen) atoms. The number of nitrogens with zero attached hydrogens (tertiary/aromatic N) is 1. The van der Waals surface area contributed by atoms with Crippen molar-refractivity contribution in [1.29, 1.82) is 0 Å². The highest BCUT2D eigenvalue weighted by Gasteiger charge is 2.27. The van der Waals surface area contributed by atoms with Crippen LogP contribution >= 0.6 is 15.9 Å². The quantitative estimate of drug-likeness (QED) is 0.784. The molecule has 0 bridgehead atoms. The van der Waals surface area contributed by atoms with Crippen LogP contribution in [-0.2, 0) is 0 Å². The van der Waals surface area contributed by atoms with Crippen molar-refractivity contribution in [1.82, 2.24) is 0 Å². The van der Waals surface area contributed by atoms with Crippen molar-refractivity contribution in [2.75, 3.05) is 11.9 Å². The number of carbonyl (C=O) groups is 1. The van der Waals surface area contributed by atoms with E-state index in [1.807, 2.05) is 18.2 Å². The van der Waals surface area contributed by atoms with Crippen molar-refractivity contribution in [3.05, 3.63) is 28.2 Å². The lowest BCUT2D eigenvalue weighted by Gasteiger charge is -2.20. The summed E-state index contributed by atoms with van der Waals surface area (Å²) < 4.78 is 1.00. The molecule has 1 aromatic rings. The summed E-state index contributed by atoms with van der Waals surface area (Å²) in [7, 11) is 2.10. The molecule has 1 aliphatic rings. The Morgan fingerprint density at radius 3 is 2.60 bits per heavy atom. The minimum Gasteiger partial charge on any atom is -0.371 e. The van der Waals surface area contributed by atoms with Crippen LogP contribution in [0.25, 0.3) is 0 Å².